The smallest absolute Gasteiger partial charge is 0.283 e. The predicted octanol–water partition coefficient (Wildman–Crippen LogP) is 3.90. The fourth-order valence-corrected chi connectivity index (χ4v) is 2.95. The van der Waals surface area contributed by atoms with E-state index in [9.17, 15) is 14.5 Å². The van der Waals surface area contributed by atoms with Gasteiger partial charge in [-0.3, -0.25) is 10.1 Å². The van der Waals surface area contributed by atoms with Gasteiger partial charge in [0.1, 0.15) is 5.82 Å². The van der Waals surface area contributed by atoms with E-state index in [0.717, 1.165) is 11.8 Å². The SMILES string of the molecule is C[C@H](N)c1cccc(F)c1Sc1ccccc1[N+](=O)[O-]. The van der Waals surface area contributed by atoms with E-state index in [1.807, 2.05) is 0 Å². The van der Waals surface area contributed by atoms with Crippen molar-refractivity contribution in [2.45, 2.75) is 22.8 Å². The van der Waals surface area contributed by atoms with Crippen LogP contribution in [0, 0.1) is 15.9 Å². The van der Waals surface area contributed by atoms with Gasteiger partial charge in [-0.25, -0.2) is 4.39 Å². The van der Waals surface area contributed by atoms with E-state index in [-0.39, 0.29) is 11.7 Å². The number of benzene rings is 2. The molecule has 0 spiro atoms. The Morgan fingerprint density at radius 3 is 2.60 bits per heavy atom. The molecule has 4 nitrogen and oxygen atoms in total. The van der Waals surface area contributed by atoms with Crippen LogP contribution in [0.2, 0.25) is 0 Å². The summed E-state index contributed by atoms with van der Waals surface area (Å²) >= 11 is 1.03. The number of nitro benzene ring substituents is 1. The molecule has 20 heavy (non-hydrogen) atoms. The highest BCUT2D eigenvalue weighted by Gasteiger charge is 2.18. The number of hydrogen-bond acceptors (Lipinski definition) is 4. The normalized spacial score (nSPS) is 12.2. The maximum Gasteiger partial charge on any atom is 0.283 e. The molecule has 2 aromatic rings. The minimum absolute atomic E-state index is 0.0450. The van der Waals surface area contributed by atoms with Crippen molar-refractivity contribution in [3.63, 3.8) is 0 Å². The second-order valence-corrected chi connectivity index (χ2v) is 5.33. The van der Waals surface area contributed by atoms with Crippen molar-refractivity contribution in [2.75, 3.05) is 0 Å². The van der Waals surface area contributed by atoms with E-state index >= 15 is 0 Å². The second-order valence-electron chi connectivity index (χ2n) is 4.27. The number of nitrogens with two attached hydrogens (primary N) is 1. The third kappa shape index (κ3) is 2.97. The molecule has 0 heterocycles. The molecule has 0 saturated carbocycles. The molecule has 2 N–H and O–H groups in total. The van der Waals surface area contributed by atoms with Gasteiger partial charge in [-0.05, 0) is 24.6 Å². The summed E-state index contributed by atoms with van der Waals surface area (Å²) in [6.45, 7) is 1.75. The zero-order valence-electron chi connectivity index (χ0n) is 10.7. The van der Waals surface area contributed by atoms with Crippen molar-refractivity contribution < 1.29 is 9.31 Å². The average molecular weight is 292 g/mol. The monoisotopic (exact) mass is 292 g/mol. The topological polar surface area (TPSA) is 69.2 Å². The number of hydrogen-bond donors (Lipinski definition) is 1. The number of halogens is 1. The van der Waals surface area contributed by atoms with Crippen LogP contribution >= 0.6 is 11.8 Å². The van der Waals surface area contributed by atoms with Crippen LogP contribution in [-0.4, -0.2) is 4.92 Å². The standard InChI is InChI=1S/C14H13FN2O2S/c1-9(16)10-5-4-6-11(15)14(10)20-13-8-3-2-7-12(13)17(18)19/h2-9H,16H2,1H3/t9-/m0/s1. The van der Waals surface area contributed by atoms with Crippen molar-refractivity contribution in [1.29, 1.82) is 0 Å². The van der Waals surface area contributed by atoms with Crippen molar-refractivity contribution >= 4 is 17.4 Å². The molecular formula is C14H13FN2O2S. The molecule has 1 atom stereocenters. The molecule has 0 aliphatic heterocycles. The summed E-state index contributed by atoms with van der Waals surface area (Å²) in [5.41, 5.74) is 6.41. The van der Waals surface area contributed by atoms with Gasteiger partial charge in [0.05, 0.1) is 14.7 Å². The lowest BCUT2D eigenvalue weighted by molar-refractivity contribution is -0.387. The summed E-state index contributed by atoms with van der Waals surface area (Å²) in [5, 5.41) is 11.0. The van der Waals surface area contributed by atoms with Crippen LogP contribution in [0.15, 0.2) is 52.3 Å². The van der Waals surface area contributed by atoms with Crippen molar-refractivity contribution in [3.8, 4) is 0 Å². The van der Waals surface area contributed by atoms with E-state index in [0.29, 0.717) is 15.4 Å². The zero-order chi connectivity index (χ0) is 14.7. The maximum atomic E-state index is 14.0. The highest BCUT2D eigenvalue weighted by atomic mass is 32.2. The Labute approximate surface area is 119 Å². The van der Waals surface area contributed by atoms with Gasteiger partial charge in [0.25, 0.3) is 5.69 Å². The summed E-state index contributed by atoms with van der Waals surface area (Å²) in [7, 11) is 0. The van der Waals surface area contributed by atoms with Crippen LogP contribution < -0.4 is 5.73 Å². The first-order valence-electron chi connectivity index (χ1n) is 5.96. The molecule has 2 rings (SSSR count). The molecule has 0 unspecified atom stereocenters. The Morgan fingerprint density at radius 1 is 1.25 bits per heavy atom. The molecule has 0 radical (unpaired) electrons. The van der Waals surface area contributed by atoms with Crippen molar-refractivity contribution in [2.24, 2.45) is 5.73 Å². The fourth-order valence-electron chi connectivity index (χ4n) is 1.80. The molecule has 0 aliphatic rings. The van der Waals surface area contributed by atoms with Gasteiger partial charge < -0.3 is 5.73 Å². The van der Waals surface area contributed by atoms with Crippen molar-refractivity contribution in [1.82, 2.24) is 0 Å². The second kappa shape index (κ2) is 6.02. The van der Waals surface area contributed by atoms with Crippen LogP contribution in [0.1, 0.15) is 18.5 Å². The van der Waals surface area contributed by atoms with Gasteiger partial charge in [-0.15, -0.1) is 0 Å². The van der Waals surface area contributed by atoms with E-state index in [2.05, 4.69) is 0 Å². The number of nitrogens with zero attached hydrogens (tertiary/aromatic N) is 1. The molecule has 104 valence electrons. The average Bonchev–Trinajstić information content (AvgIpc) is 2.41. The molecule has 0 saturated heterocycles. The zero-order valence-corrected chi connectivity index (χ0v) is 11.6. The third-order valence-corrected chi connectivity index (χ3v) is 3.96. The summed E-state index contributed by atoms with van der Waals surface area (Å²) in [6, 6.07) is 10.5. The first-order chi connectivity index (χ1) is 9.50. The lowest BCUT2D eigenvalue weighted by Crippen LogP contribution is -2.07. The Morgan fingerprint density at radius 2 is 1.95 bits per heavy atom. The van der Waals surface area contributed by atoms with Crippen LogP contribution in [-0.2, 0) is 0 Å². The van der Waals surface area contributed by atoms with Crippen LogP contribution in [0.25, 0.3) is 0 Å². The Hall–Kier alpha value is -1.92. The molecule has 0 bridgehead atoms. The predicted molar refractivity (Wildman–Crippen MR) is 76.2 cm³/mol. The van der Waals surface area contributed by atoms with Gasteiger partial charge in [0.15, 0.2) is 0 Å². The van der Waals surface area contributed by atoms with Crippen LogP contribution in [0.5, 0.6) is 0 Å². The maximum absolute atomic E-state index is 14.0. The van der Waals surface area contributed by atoms with E-state index in [4.69, 9.17) is 5.73 Å². The van der Waals surface area contributed by atoms with Gasteiger partial charge in [0, 0.05) is 12.1 Å². The van der Waals surface area contributed by atoms with Gasteiger partial charge >= 0.3 is 0 Å². The lowest BCUT2D eigenvalue weighted by Gasteiger charge is -2.13. The van der Waals surface area contributed by atoms with E-state index < -0.39 is 10.7 Å². The highest BCUT2D eigenvalue weighted by molar-refractivity contribution is 7.99. The van der Waals surface area contributed by atoms with E-state index in [1.165, 1.54) is 12.1 Å². The summed E-state index contributed by atoms with van der Waals surface area (Å²) in [6.07, 6.45) is 0. The number of nitro groups is 1. The molecule has 0 amide bonds. The Balaban J connectivity index is 2.48. The first kappa shape index (κ1) is 14.5. The summed E-state index contributed by atoms with van der Waals surface area (Å²) < 4.78 is 14.0. The van der Waals surface area contributed by atoms with E-state index in [1.54, 1.807) is 37.3 Å². The van der Waals surface area contributed by atoms with Crippen LogP contribution in [0.4, 0.5) is 10.1 Å². The number of rotatable bonds is 4. The quantitative estimate of drug-likeness (QED) is 0.685. The highest BCUT2D eigenvalue weighted by Crippen LogP contribution is 2.38. The minimum Gasteiger partial charge on any atom is -0.324 e. The van der Waals surface area contributed by atoms with Gasteiger partial charge in [-0.2, -0.15) is 0 Å². The fraction of sp³-hybridized carbons (Fsp3) is 0.143. The van der Waals surface area contributed by atoms with Crippen molar-refractivity contribution in [3.05, 3.63) is 64.0 Å². The minimum atomic E-state index is -0.477. The molecule has 0 fully saturated rings. The first-order valence-corrected chi connectivity index (χ1v) is 6.77. The van der Waals surface area contributed by atoms with Gasteiger partial charge in [-0.1, -0.05) is 36.0 Å². The Bertz CT molecular complexity index is 647. The summed E-state index contributed by atoms with van der Waals surface area (Å²) in [4.78, 5) is 11.2. The number of para-hydroxylation sites is 1. The molecular weight excluding hydrogens is 279 g/mol. The Kier molecular flexibility index (Phi) is 4.36. The lowest BCUT2D eigenvalue weighted by atomic mass is 10.1. The largest absolute Gasteiger partial charge is 0.324 e. The van der Waals surface area contributed by atoms with Crippen LogP contribution in [0.3, 0.4) is 0 Å². The molecule has 0 aromatic heterocycles. The molecule has 0 aliphatic carbocycles. The molecule has 2 aromatic carbocycles. The molecule has 6 heteroatoms. The third-order valence-electron chi connectivity index (χ3n) is 2.76. The summed E-state index contributed by atoms with van der Waals surface area (Å²) in [5.74, 6) is -0.428. The van der Waals surface area contributed by atoms with Gasteiger partial charge in [0.2, 0.25) is 0 Å².